The molecule has 2 heterocycles. The van der Waals surface area contributed by atoms with Gasteiger partial charge < -0.3 is 4.98 Å². The summed E-state index contributed by atoms with van der Waals surface area (Å²) in [4.78, 5) is 16.8. The number of tetrazole rings is 1. The number of benzene rings is 2. The van der Waals surface area contributed by atoms with E-state index >= 15 is 0 Å². The van der Waals surface area contributed by atoms with Gasteiger partial charge in [0.05, 0.1) is 0 Å². The number of para-hydroxylation sites is 1. The maximum Gasteiger partial charge on any atom is 0.210 e. The van der Waals surface area contributed by atoms with Crippen molar-refractivity contribution in [2.75, 3.05) is 0 Å². The van der Waals surface area contributed by atoms with E-state index in [2.05, 4.69) is 33.5 Å². The van der Waals surface area contributed by atoms with Gasteiger partial charge in [-0.3, -0.25) is 4.79 Å². The van der Waals surface area contributed by atoms with E-state index in [0.717, 1.165) is 22.9 Å². The van der Waals surface area contributed by atoms with Crippen LogP contribution in [0.2, 0.25) is 0 Å². The van der Waals surface area contributed by atoms with E-state index in [4.69, 9.17) is 0 Å². The summed E-state index contributed by atoms with van der Waals surface area (Å²) in [6.07, 6.45) is 2.73. The molecule has 0 aliphatic heterocycles. The number of carbonyl (C=O) groups is 1. The van der Waals surface area contributed by atoms with Crippen molar-refractivity contribution >= 4 is 28.4 Å². The van der Waals surface area contributed by atoms with Gasteiger partial charge in [-0.15, -0.1) is 5.10 Å². The van der Waals surface area contributed by atoms with Gasteiger partial charge in [0.15, 0.2) is 5.78 Å². The third-order valence-electron chi connectivity index (χ3n) is 4.59. The maximum absolute atomic E-state index is 13.5. The van der Waals surface area contributed by atoms with Crippen LogP contribution in [0.4, 0.5) is 0 Å². The summed E-state index contributed by atoms with van der Waals surface area (Å²) in [5, 5.41) is 12.7. The Morgan fingerprint density at radius 2 is 2.00 bits per heavy atom. The van der Waals surface area contributed by atoms with Crippen molar-refractivity contribution in [2.24, 2.45) is 7.05 Å². The smallest absolute Gasteiger partial charge is 0.210 e. The normalized spacial score (nSPS) is 12.4. The molecule has 1 atom stereocenters. The highest BCUT2D eigenvalue weighted by Gasteiger charge is 2.27. The first-order valence-corrected chi connectivity index (χ1v) is 9.64. The number of aromatic amines is 1. The lowest BCUT2D eigenvalue weighted by molar-refractivity contribution is 0.0991. The van der Waals surface area contributed by atoms with Crippen LogP contribution in [0.1, 0.15) is 33.7 Å². The molecule has 0 radical (unpaired) electrons. The van der Waals surface area contributed by atoms with Crippen LogP contribution in [0.25, 0.3) is 10.9 Å². The minimum Gasteiger partial charge on any atom is -0.360 e. The number of aryl methyl sites for hydroxylation is 2. The first kappa shape index (κ1) is 17.5. The number of carbonyl (C=O) groups excluding carboxylic acids is 1. The highest BCUT2D eigenvalue weighted by molar-refractivity contribution is 8.00. The second-order valence-corrected chi connectivity index (χ2v) is 7.33. The van der Waals surface area contributed by atoms with Crippen LogP contribution in [0.3, 0.4) is 0 Å². The van der Waals surface area contributed by atoms with Gasteiger partial charge in [0.25, 0.3) is 0 Å². The summed E-state index contributed by atoms with van der Waals surface area (Å²) >= 11 is 1.36. The first-order chi connectivity index (χ1) is 13.2. The van der Waals surface area contributed by atoms with Crippen molar-refractivity contribution in [1.29, 1.82) is 0 Å². The Kier molecular flexibility index (Phi) is 4.77. The molecular weight excluding hydrogens is 358 g/mol. The lowest BCUT2D eigenvalue weighted by Gasteiger charge is -2.14. The molecule has 1 unspecified atom stereocenters. The average Bonchev–Trinajstić information content (AvgIpc) is 3.32. The monoisotopic (exact) mass is 377 g/mol. The van der Waals surface area contributed by atoms with Crippen molar-refractivity contribution in [1.82, 2.24) is 25.2 Å². The van der Waals surface area contributed by atoms with Crippen molar-refractivity contribution in [3.8, 4) is 0 Å². The highest BCUT2D eigenvalue weighted by atomic mass is 32.2. The number of hydrogen-bond donors (Lipinski definition) is 1. The number of rotatable bonds is 6. The van der Waals surface area contributed by atoms with Crippen LogP contribution in [0, 0.1) is 0 Å². The third-order valence-corrected chi connectivity index (χ3v) is 5.87. The standard InChI is InChI=1S/C20H19N5OS/c1-3-13-10-7-11-15-16(12-21-17(13)15)18(26)19(14-8-5-4-6-9-14)27-20-22-23-24-25(20)2/h4-12,19,21H,3H2,1-2H3. The molecule has 0 aliphatic carbocycles. The summed E-state index contributed by atoms with van der Waals surface area (Å²) in [6, 6.07) is 15.8. The van der Waals surface area contributed by atoms with Gasteiger partial charge in [0.2, 0.25) is 5.16 Å². The molecule has 0 spiro atoms. The number of aromatic nitrogens is 5. The number of ketones is 1. The van der Waals surface area contributed by atoms with Gasteiger partial charge in [-0.25, -0.2) is 4.68 Å². The Labute approximate surface area is 161 Å². The first-order valence-electron chi connectivity index (χ1n) is 8.76. The zero-order valence-corrected chi connectivity index (χ0v) is 15.9. The Balaban J connectivity index is 1.78. The Morgan fingerprint density at radius 3 is 2.70 bits per heavy atom. The van der Waals surface area contributed by atoms with Crippen LogP contribution in [-0.4, -0.2) is 31.0 Å². The van der Waals surface area contributed by atoms with E-state index < -0.39 is 5.25 Å². The molecule has 4 aromatic rings. The number of hydrogen-bond acceptors (Lipinski definition) is 5. The molecule has 1 N–H and O–H groups in total. The summed E-state index contributed by atoms with van der Waals surface area (Å²) in [7, 11) is 1.77. The zero-order valence-electron chi connectivity index (χ0n) is 15.1. The van der Waals surface area contributed by atoms with Crippen LogP contribution in [0.15, 0.2) is 59.9 Å². The molecule has 0 saturated heterocycles. The van der Waals surface area contributed by atoms with Gasteiger partial charge in [-0.2, -0.15) is 0 Å². The number of fused-ring (bicyclic) bond motifs is 1. The Morgan fingerprint density at radius 1 is 1.19 bits per heavy atom. The minimum atomic E-state index is -0.430. The maximum atomic E-state index is 13.5. The molecular formula is C20H19N5OS. The van der Waals surface area contributed by atoms with E-state index in [1.807, 2.05) is 48.7 Å². The largest absolute Gasteiger partial charge is 0.360 e. The molecule has 7 heteroatoms. The fraction of sp³-hybridized carbons (Fsp3) is 0.200. The van der Waals surface area contributed by atoms with Gasteiger partial charge in [-0.05, 0) is 28.0 Å². The molecule has 2 aromatic carbocycles. The molecule has 4 rings (SSSR count). The quantitative estimate of drug-likeness (QED) is 0.406. The van der Waals surface area contributed by atoms with Crippen molar-refractivity contribution in [2.45, 2.75) is 23.8 Å². The van der Waals surface area contributed by atoms with Crippen LogP contribution < -0.4 is 0 Å². The molecule has 136 valence electrons. The topological polar surface area (TPSA) is 76.5 Å². The van der Waals surface area contributed by atoms with Gasteiger partial charge in [-0.1, -0.05) is 67.2 Å². The minimum absolute atomic E-state index is 0.0358. The number of Topliss-reactive ketones (excluding diaryl/α,β-unsaturated/α-hetero) is 1. The lowest BCUT2D eigenvalue weighted by Crippen LogP contribution is -2.11. The lowest BCUT2D eigenvalue weighted by atomic mass is 10.0. The SMILES string of the molecule is CCc1cccc2c(C(=O)C(Sc3nnnn3C)c3ccccc3)c[nH]c12. The zero-order chi connectivity index (χ0) is 18.8. The van der Waals surface area contributed by atoms with Gasteiger partial charge >= 0.3 is 0 Å². The summed E-state index contributed by atoms with van der Waals surface area (Å²) in [6.45, 7) is 2.11. The number of nitrogens with one attached hydrogen (secondary N) is 1. The van der Waals surface area contributed by atoms with Gasteiger partial charge in [0.1, 0.15) is 5.25 Å². The number of H-pyrrole nitrogens is 1. The third kappa shape index (κ3) is 3.26. The molecule has 27 heavy (non-hydrogen) atoms. The average molecular weight is 377 g/mol. The van der Waals surface area contributed by atoms with Gasteiger partial charge in [0, 0.05) is 29.7 Å². The molecule has 2 aromatic heterocycles. The van der Waals surface area contributed by atoms with Crippen molar-refractivity contribution in [3.05, 3.63) is 71.4 Å². The fourth-order valence-electron chi connectivity index (χ4n) is 3.18. The summed E-state index contributed by atoms with van der Waals surface area (Å²) in [5.41, 5.74) is 3.85. The predicted octanol–water partition coefficient (Wildman–Crippen LogP) is 3.97. The van der Waals surface area contributed by atoms with E-state index in [0.29, 0.717) is 10.7 Å². The van der Waals surface area contributed by atoms with E-state index in [9.17, 15) is 4.79 Å². The molecule has 0 fully saturated rings. The van der Waals surface area contributed by atoms with Crippen molar-refractivity contribution in [3.63, 3.8) is 0 Å². The van der Waals surface area contributed by atoms with Crippen molar-refractivity contribution < 1.29 is 4.79 Å². The molecule has 0 amide bonds. The molecule has 0 saturated carbocycles. The Bertz CT molecular complexity index is 1090. The molecule has 6 nitrogen and oxygen atoms in total. The highest BCUT2D eigenvalue weighted by Crippen LogP contribution is 2.38. The van der Waals surface area contributed by atoms with Crippen LogP contribution >= 0.6 is 11.8 Å². The predicted molar refractivity (Wildman–Crippen MR) is 106 cm³/mol. The summed E-state index contributed by atoms with van der Waals surface area (Å²) in [5.74, 6) is 0.0358. The number of nitrogens with zero attached hydrogens (tertiary/aromatic N) is 4. The molecule has 0 bridgehead atoms. The van der Waals surface area contributed by atoms with E-state index in [1.165, 1.54) is 17.3 Å². The van der Waals surface area contributed by atoms with E-state index in [1.54, 1.807) is 11.7 Å². The fourth-order valence-corrected chi connectivity index (χ4v) is 4.19. The second-order valence-electron chi connectivity index (χ2n) is 6.25. The second kappa shape index (κ2) is 7.36. The van der Waals surface area contributed by atoms with Crippen LogP contribution in [-0.2, 0) is 13.5 Å². The number of thioether (sulfide) groups is 1. The van der Waals surface area contributed by atoms with Crippen LogP contribution in [0.5, 0.6) is 0 Å². The molecule has 0 aliphatic rings. The Hall–Kier alpha value is -2.93. The summed E-state index contributed by atoms with van der Waals surface area (Å²) < 4.78 is 1.58. The van der Waals surface area contributed by atoms with E-state index in [-0.39, 0.29) is 5.78 Å².